The van der Waals surface area contributed by atoms with Crippen molar-refractivity contribution >= 4 is 57.3 Å². The third-order valence-corrected chi connectivity index (χ3v) is 6.44. The van der Waals surface area contributed by atoms with Crippen LogP contribution in [0.3, 0.4) is 0 Å². The van der Waals surface area contributed by atoms with Gasteiger partial charge in [0, 0.05) is 10.6 Å². The summed E-state index contributed by atoms with van der Waals surface area (Å²) in [6, 6.07) is 14.5. The molecule has 0 aliphatic rings. The predicted molar refractivity (Wildman–Crippen MR) is 118 cm³/mol. The molecule has 1 heterocycles. The number of thioether (sulfide) groups is 2. The van der Waals surface area contributed by atoms with Crippen molar-refractivity contribution in [3.8, 4) is 11.8 Å². The number of para-hydroxylation sites is 1. The second-order valence-corrected chi connectivity index (χ2v) is 9.07. The van der Waals surface area contributed by atoms with E-state index in [2.05, 4.69) is 25.6 Å². The van der Waals surface area contributed by atoms with Crippen molar-refractivity contribution in [1.82, 2.24) is 10.2 Å². The Hall–Kier alpha value is -2.95. The third kappa shape index (κ3) is 7.63. The normalized spacial score (nSPS) is 10.9. The smallest absolute Gasteiger partial charge is 0.406 e. The number of benzene rings is 2. The van der Waals surface area contributed by atoms with Crippen LogP contribution in [0.5, 0.6) is 5.75 Å². The van der Waals surface area contributed by atoms with Crippen molar-refractivity contribution < 1.29 is 22.7 Å². The molecule has 0 bridgehead atoms. The van der Waals surface area contributed by atoms with Crippen LogP contribution < -0.4 is 15.4 Å². The van der Waals surface area contributed by atoms with Gasteiger partial charge in [0.2, 0.25) is 11.0 Å². The lowest BCUT2D eigenvalue weighted by Gasteiger charge is -2.09. The summed E-state index contributed by atoms with van der Waals surface area (Å²) in [4.78, 5) is 13.1. The van der Waals surface area contributed by atoms with E-state index < -0.39 is 6.36 Å². The lowest BCUT2D eigenvalue weighted by atomic mass is 10.3. The Bertz CT molecular complexity index is 1100. The fourth-order valence-electron chi connectivity index (χ4n) is 2.30. The maximum atomic E-state index is 12.3. The molecule has 0 atom stereocenters. The summed E-state index contributed by atoms with van der Waals surface area (Å²) >= 11 is 3.74. The van der Waals surface area contributed by atoms with E-state index in [4.69, 9.17) is 5.26 Å². The number of ether oxygens (including phenoxy) is 1. The molecule has 0 fully saturated rings. The van der Waals surface area contributed by atoms with Crippen LogP contribution in [0.4, 0.5) is 29.7 Å². The third-order valence-electron chi connectivity index (χ3n) is 3.53. The fourth-order valence-corrected chi connectivity index (χ4v) is 4.54. The minimum absolute atomic E-state index is 0.107. The van der Waals surface area contributed by atoms with Crippen molar-refractivity contribution in [1.29, 1.82) is 5.26 Å². The van der Waals surface area contributed by atoms with E-state index in [-0.39, 0.29) is 23.2 Å². The molecule has 3 aromatic rings. The zero-order valence-electron chi connectivity index (χ0n) is 16.0. The summed E-state index contributed by atoms with van der Waals surface area (Å²) in [6.07, 6.45) is -4.75. The topological polar surface area (TPSA) is 99.9 Å². The Balaban J connectivity index is 1.50. The van der Waals surface area contributed by atoms with E-state index >= 15 is 0 Å². The Kier molecular flexibility index (Phi) is 8.20. The first-order chi connectivity index (χ1) is 15.3. The number of alkyl halides is 3. The molecule has 2 N–H and O–H groups in total. The summed E-state index contributed by atoms with van der Waals surface area (Å²) < 4.78 is 41.0. The monoisotopic (exact) mass is 497 g/mol. The average molecular weight is 498 g/mol. The number of hydrogen-bond donors (Lipinski definition) is 2. The van der Waals surface area contributed by atoms with Gasteiger partial charge in [0.25, 0.3) is 0 Å². The van der Waals surface area contributed by atoms with Gasteiger partial charge in [-0.1, -0.05) is 35.2 Å². The zero-order valence-corrected chi connectivity index (χ0v) is 18.5. The average Bonchev–Trinajstić information content (AvgIpc) is 3.19. The number of carbonyl (C=O) groups is 1. The zero-order chi connectivity index (χ0) is 23.0. The molecule has 13 heteroatoms. The van der Waals surface area contributed by atoms with Gasteiger partial charge in [0.05, 0.1) is 23.3 Å². The van der Waals surface area contributed by atoms with E-state index in [0.29, 0.717) is 20.8 Å². The molecule has 2 aromatic carbocycles. The number of amides is 1. The predicted octanol–water partition coefficient (Wildman–Crippen LogP) is 5.53. The Morgan fingerprint density at radius 1 is 1.12 bits per heavy atom. The van der Waals surface area contributed by atoms with Crippen molar-refractivity contribution in [3.05, 3.63) is 48.5 Å². The van der Waals surface area contributed by atoms with E-state index in [1.165, 1.54) is 59.1 Å². The highest BCUT2D eigenvalue weighted by molar-refractivity contribution is 8.01. The summed E-state index contributed by atoms with van der Waals surface area (Å²) in [7, 11) is 0. The Labute approximate surface area is 193 Å². The lowest BCUT2D eigenvalue weighted by Crippen LogP contribution is -2.16. The highest BCUT2D eigenvalue weighted by Gasteiger charge is 2.30. The first-order valence-electron chi connectivity index (χ1n) is 8.80. The quantitative estimate of drug-likeness (QED) is 0.373. The molecule has 0 unspecified atom stereocenters. The minimum atomic E-state index is -4.75. The molecular formula is C19H14F3N5O2S3. The number of nitriles is 1. The molecule has 0 spiro atoms. The van der Waals surface area contributed by atoms with Crippen LogP contribution in [-0.4, -0.2) is 34.0 Å². The molecule has 1 aromatic heterocycles. The molecule has 0 aliphatic carbocycles. The number of anilines is 3. The van der Waals surface area contributed by atoms with Crippen LogP contribution in [0.15, 0.2) is 57.8 Å². The van der Waals surface area contributed by atoms with Crippen LogP contribution in [0.1, 0.15) is 0 Å². The Morgan fingerprint density at radius 2 is 1.88 bits per heavy atom. The fraction of sp³-hybridized carbons (Fsp3) is 0.158. The van der Waals surface area contributed by atoms with Gasteiger partial charge in [-0.15, -0.1) is 35.1 Å². The molecule has 0 aliphatic heterocycles. The largest absolute Gasteiger partial charge is 0.573 e. The van der Waals surface area contributed by atoms with Crippen molar-refractivity contribution in [2.24, 2.45) is 0 Å². The number of nitrogens with zero attached hydrogens (tertiary/aromatic N) is 3. The molecular weight excluding hydrogens is 483 g/mol. The van der Waals surface area contributed by atoms with E-state index in [9.17, 15) is 18.0 Å². The number of nitrogens with one attached hydrogen (secondary N) is 2. The highest BCUT2D eigenvalue weighted by Crippen LogP contribution is 2.30. The van der Waals surface area contributed by atoms with Crippen molar-refractivity contribution in [2.75, 3.05) is 22.1 Å². The number of hydrogen-bond acceptors (Lipinski definition) is 9. The van der Waals surface area contributed by atoms with Crippen LogP contribution in [-0.2, 0) is 4.79 Å². The molecule has 3 rings (SSSR count). The van der Waals surface area contributed by atoms with Gasteiger partial charge in [0.15, 0.2) is 4.34 Å². The van der Waals surface area contributed by atoms with Crippen LogP contribution in [0.2, 0.25) is 0 Å². The Morgan fingerprint density at radius 3 is 2.59 bits per heavy atom. The van der Waals surface area contributed by atoms with Crippen LogP contribution in [0.25, 0.3) is 0 Å². The van der Waals surface area contributed by atoms with Crippen LogP contribution >= 0.6 is 34.9 Å². The van der Waals surface area contributed by atoms with Crippen molar-refractivity contribution in [2.45, 2.75) is 15.6 Å². The summed E-state index contributed by atoms with van der Waals surface area (Å²) in [6.45, 7) is 0. The summed E-state index contributed by atoms with van der Waals surface area (Å²) in [5.74, 6) is -0.171. The molecule has 0 saturated carbocycles. The standard InChI is InChI=1S/C19H14F3N5O2S3/c20-19(21,22)29-13-7-5-12(6-8-13)24-17-26-27-18(32-17)31-11-16(28)25-14-3-1-2-4-15(14)30-10-9-23/h1-8H,10-11H2,(H,24,26)(H,25,28). The highest BCUT2D eigenvalue weighted by atomic mass is 32.2. The SMILES string of the molecule is N#CCSc1ccccc1NC(=O)CSc1nnc(Nc2ccc(OC(F)(F)F)cc2)s1. The number of carbonyl (C=O) groups excluding carboxylic acids is 1. The van der Waals surface area contributed by atoms with Gasteiger partial charge in [0.1, 0.15) is 5.75 Å². The lowest BCUT2D eigenvalue weighted by molar-refractivity contribution is -0.274. The van der Waals surface area contributed by atoms with E-state index in [1.807, 2.05) is 18.2 Å². The van der Waals surface area contributed by atoms with Gasteiger partial charge in [-0.25, -0.2) is 0 Å². The molecule has 166 valence electrons. The number of rotatable bonds is 9. The summed E-state index contributed by atoms with van der Waals surface area (Å²) in [5.41, 5.74) is 1.15. The van der Waals surface area contributed by atoms with Gasteiger partial charge >= 0.3 is 6.36 Å². The molecule has 0 saturated heterocycles. The van der Waals surface area contributed by atoms with Gasteiger partial charge in [-0.3, -0.25) is 4.79 Å². The maximum absolute atomic E-state index is 12.3. The second-order valence-electron chi connectivity index (χ2n) is 5.85. The van der Waals surface area contributed by atoms with E-state index in [0.717, 1.165) is 4.90 Å². The maximum Gasteiger partial charge on any atom is 0.573 e. The molecule has 1 amide bonds. The second kappa shape index (κ2) is 11.1. The first kappa shape index (κ1) is 23.7. The minimum Gasteiger partial charge on any atom is -0.406 e. The van der Waals surface area contributed by atoms with Gasteiger partial charge in [-0.05, 0) is 36.4 Å². The van der Waals surface area contributed by atoms with Gasteiger partial charge < -0.3 is 15.4 Å². The molecule has 0 radical (unpaired) electrons. The first-order valence-corrected chi connectivity index (χ1v) is 11.6. The van der Waals surface area contributed by atoms with Gasteiger partial charge in [-0.2, -0.15) is 5.26 Å². The van der Waals surface area contributed by atoms with Crippen molar-refractivity contribution in [3.63, 3.8) is 0 Å². The summed E-state index contributed by atoms with van der Waals surface area (Å²) in [5, 5.41) is 22.9. The van der Waals surface area contributed by atoms with E-state index in [1.54, 1.807) is 12.1 Å². The van der Waals surface area contributed by atoms with Crippen LogP contribution in [0, 0.1) is 11.3 Å². The molecule has 7 nitrogen and oxygen atoms in total. The number of aromatic nitrogens is 2. The molecule has 32 heavy (non-hydrogen) atoms. The number of halogens is 3.